The molecule has 1 fully saturated rings. The molecule has 1 atom stereocenters. The van der Waals surface area contributed by atoms with Crippen molar-refractivity contribution in [1.82, 2.24) is 4.31 Å². The molecule has 22 heavy (non-hydrogen) atoms. The number of thioether (sulfide) groups is 1. The Morgan fingerprint density at radius 2 is 1.91 bits per heavy atom. The summed E-state index contributed by atoms with van der Waals surface area (Å²) >= 11 is 3.52. The van der Waals surface area contributed by atoms with Crippen LogP contribution in [0.25, 0.3) is 0 Å². The first-order chi connectivity index (χ1) is 10.6. The number of hydrogen-bond acceptors (Lipinski definition) is 4. The molecule has 0 bridgehead atoms. The third-order valence-electron chi connectivity index (χ3n) is 3.61. The van der Waals surface area contributed by atoms with Crippen molar-refractivity contribution in [3.05, 3.63) is 52.5 Å². The fourth-order valence-electron chi connectivity index (χ4n) is 2.45. The molecular weight excluding hydrogens is 341 g/mol. The molecule has 0 saturated carbocycles. The molecule has 0 amide bonds. The zero-order chi connectivity index (χ0) is 15.6. The topological polar surface area (TPSA) is 37.4 Å². The highest BCUT2D eigenvalue weighted by atomic mass is 32.2. The number of rotatable bonds is 3. The van der Waals surface area contributed by atoms with Gasteiger partial charge in [-0.25, -0.2) is 12.8 Å². The van der Waals surface area contributed by atoms with E-state index in [1.54, 1.807) is 23.1 Å². The standard InChI is InChI=1S/C15H16FNO2S3/c16-12-3-5-13(6-4-12)22(18,19)17-8-7-15(21-11-9-17)14-2-1-10-20-14/h1-6,10,15H,7-9,11H2. The maximum atomic E-state index is 13.0. The molecule has 3 rings (SSSR count). The lowest BCUT2D eigenvalue weighted by atomic mass is 10.2. The highest BCUT2D eigenvalue weighted by molar-refractivity contribution is 7.99. The second-order valence-corrected chi connectivity index (χ2v) is 9.25. The monoisotopic (exact) mass is 357 g/mol. The van der Waals surface area contributed by atoms with Gasteiger partial charge in [0.1, 0.15) is 5.82 Å². The molecule has 2 heterocycles. The van der Waals surface area contributed by atoms with Crippen LogP contribution < -0.4 is 0 Å². The summed E-state index contributed by atoms with van der Waals surface area (Å²) in [5.74, 6) is 0.339. The van der Waals surface area contributed by atoms with Gasteiger partial charge in [0, 0.05) is 29.0 Å². The number of nitrogens with zero attached hydrogens (tertiary/aromatic N) is 1. The van der Waals surface area contributed by atoms with Gasteiger partial charge in [0.25, 0.3) is 0 Å². The number of halogens is 1. The van der Waals surface area contributed by atoms with Gasteiger partial charge in [-0.05, 0) is 42.1 Å². The van der Waals surface area contributed by atoms with E-state index >= 15 is 0 Å². The lowest BCUT2D eigenvalue weighted by Crippen LogP contribution is -2.33. The number of sulfonamides is 1. The molecule has 7 heteroatoms. The Kier molecular flexibility index (Phi) is 4.87. The van der Waals surface area contributed by atoms with E-state index in [4.69, 9.17) is 0 Å². The van der Waals surface area contributed by atoms with Crippen LogP contribution in [0.15, 0.2) is 46.7 Å². The van der Waals surface area contributed by atoms with Crippen molar-refractivity contribution in [2.75, 3.05) is 18.8 Å². The van der Waals surface area contributed by atoms with Crippen LogP contribution in [0.2, 0.25) is 0 Å². The van der Waals surface area contributed by atoms with Crippen molar-refractivity contribution in [2.45, 2.75) is 16.6 Å². The molecule has 2 aromatic rings. The van der Waals surface area contributed by atoms with Gasteiger partial charge in [-0.15, -0.1) is 11.3 Å². The van der Waals surface area contributed by atoms with Crippen LogP contribution in [0.3, 0.4) is 0 Å². The summed E-state index contributed by atoms with van der Waals surface area (Å²) in [7, 11) is -3.54. The van der Waals surface area contributed by atoms with Crippen LogP contribution >= 0.6 is 23.1 Å². The lowest BCUT2D eigenvalue weighted by Gasteiger charge is -2.19. The van der Waals surface area contributed by atoms with Crippen LogP contribution in [0, 0.1) is 5.82 Å². The van der Waals surface area contributed by atoms with Crippen LogP contribution in [-0.4, -0.2) is 31.6 Å². The second-order valence-electron chi connectivity index (χ2n) is 5.02. The summed E-state index contributed by atoms with van der Waals surface area (Å²) in [5.41, 5.74) is 0. The van der Waals surface area contributed by atoms with E-state index in [0.717, 1.165) is 12.2 Å². The second kappa shape index (κ2) is 6.70. The van der Waals surface area contributed by atoms with Crippen LogP contribution in [0.1, 0.15) is 16.5 Å². The molecule has 1 aliphatic heterocycles. The van der Waals surface area contributed by atoms with E-state index in [1.165, 1.54) is 33.4 Å². The molecule has 0 spiro atoms. The highest BCUT2D eigenvalue weighted by Gasteiger charge is 2.28. The van der Waals surface area contributed by atoms with Crippen molar-refractivity contribution in [2.24, 2.45) is 0 Å². The van der Waals surface area contributed by atoms with Gasteiger partial charge in [-0.3, -0.25) is 0 Å². The molecule has 118 valence electrons. The molecular formula is C15H16FNO2S3. The summed E-state index contributed by atoms with van der Waals surface area (Å²) in [6.45, 7) is 0.988. The number of benzene rings is 1. The van der Waals surface area contributed by atoms with E-state index in [0.29, 0.717) is 18.3 Å². The summed E-state index contributed by atoms with van der Waals surface area (Å²) < 4.78 is 39.8. The quantitative estimate of drug-likeness (QED) is 0.839. The largest absolute Gasteiger partial charge is 0.243 e. The van der Waals surface area contributed by atoms with E-state index < -0.39 is 15.8 Å². The van der Waals surface area contributed by atoms with Gasteiger partial charge < -0.3 is 0 Å². The van der Waals surface area contributed by atoms with E-state index in [1.807, 2.05) is 11.4 Å². The van der Waals surface area contributed by atoms with Gasteiger partial charge in [-0.2, -0.15) is 16.1 Å². The minimum Gasteiger partial charge on any atom is -0.207 e. The molecule has 3 nitrogen and oxygen atoms in total. The smallest absolute Gasteiger partial charge is 0.207 e. The summed E-state index contributed by atoms with van der Waals surface area (Å²) in [6, 6.07) is 9.17. The van der Waals surface area contributed by atoms with Crippen molar-refractivity contribution in [1.29, 1.82) is 0 Å². The SMILES string of the molecule is O=S(=O)(c1ccc(F)cc1)N1CCSC(c2cccs2)CC1. The summed E-state index contributed by atoms with van der Waals surface area (Å²) in [5, 5.41) is 2.40. The minimum absolute atomic E-state index is 0.161. The Labute approximate surface area is 138 Å². The Morgan fingerprint density at radius 1 is 1.14 bits per heavy atom. The van der Waals surface area contributed by atoms with E-state index in [9.17, 15) is 12.8 Å². The van der Waals surface area contributed by atoms with Gasteiger partial charge in [-0.1, -0.05) is 6.07 Å². The first-order valence-electron chi connectivity index (χ1n) is 6.98. The zero-order valence-electron chi connectivity index (χ0n) is 11.8. The van der Waals surface area contributed by atoms with Gasteiger partial charge in [0.15, 0.2) is 0 Å². The first kappa shape index (κ1) is 16.0. The van der Waals surface area contributed by atoms with E-state index in [2.05, 4.69) is 6.07 Å². The molecule has 1 aliphatic rings. The predicted molar refractivity (Wildman–Crippen MR) is 89.3 cm³/mol. The van der Waals surface area contributed by atoms with Gasteiger partial charge >= 0.3 is 0 Å². The molecule has 0 aliphatic carbocycles. The van der Waals surface area contributed by atoms with Crippen molar-refractivity contribution in [3.8, 4) is 0 Å². The summed E-state index contributed by atoms with van der Waals surface area (Å²) in [6.07, 6.45) is 0.797. The molecule has 0 radical (unpaired) electrons. The van der Waals surface area contributed by atoms with Crippen molar-refractivity contribution >= 4 is 33.1 Å². The molecule has 1 saturated heterocycles. The first-order valence-corrected chi connectivity index (χ1v) is 10.3. The maximum absolute atomic E-state index is 13.0. The Hall–Kier alpha value is -0.890. The van der Waals surface area contributed by atoms with Crippen LogP contribution in [0.5, 0.6) is 0 Å². The van der Waals surface area contributed by atoms with Gasteiger partial charge in [0.05, 0.1) is 4.90 Å². The number of hydrogen-bond donors (Lipinski definition) is 0. The van der Waals surface area contributed by atoms with Crippen LogP contribution in [-0.2, 0) is 10.0 Å². The average Bonchev–Trinajstić information content (AvgIpc) is 2.92. The molecule has 1 aromatic heterocycles. The predicted octanol–water partition coefficient (Wildman–Crippen LogP) is 3.76. The summed E-state index contributed by atoms with van der Waals surface area (Å²) in [4.78, 5) is 1.46. The third kappa shape index (κ3) is 3.37. The fourth-order valence-corrected chi connectivity index (χ4v) is 6.26. The Morgan fingerprint density at radius 3 is 2.59 bits per heavy atom. The van der Waals surface area contributed by atoms with Crippen molar-refractivity contribution in [3.63, 3.8) is 0 Å². The average molecular weight is 357 g/mol. The van der Waals surface area contributed by atoms with Gasteiger partial charge in [0.2, 0.25) is 10.0 Å². The Balaban J connectivity index is 1.76. The zero-order valence-corrected chi connectivity index (χ0v) is 14.3. The molecule has 1 unspecified atom stereocenters. The van der Waals surface area contributed by atoms with E-state index in [-0.39, 0.29) is 4.90 Å². The van der Waals surface area contributed by atoms with Crippen molar-refractivity contribution < 1.29 is 12.8 Å². The molecule has 0 N–H and O–H groups in total. The third-order valence-corrected chi connectivity index (χ3v) is 7.97. The Bertz CT molecular complexity index is 714. The minimum atomic E-state index is -3.54. The maximum Gasteiger partial charge on any atom is 0.243 e. The lowest BCUT2D eigenvalue weighted by molar-refractivity contribution is 0.428. The fraction of sp³-hybridized carbons (Fsp3) is 0.333. The normalized spacial score (nSPS) is 20.7. The highest BCUT2D eigenvalue weighted by Crippen LogP contribution is 2.37. The number of thiophene rings is 1. The molecule has 1 aromatic carbocycles. The van der Waals surface area contributed by atoms with Crippen LogP contribution in [0.4, 0.5) is 4.39 Å².